The van der Waals surface area contributed by atoms with Gasteiger partial charge in [-0.15, -0.1) is 0 Å². The average Bonchev–Trinajstić information content (AvgIpc) is 2.93. The Kier molecular flexibility index (Phi) is 5.36. The van der Waals surface area contributed by atoms with Crippen LogP contribution in [-0.2, 0) is 19.2 Å². The number of rotatable bonds is 2. The van der Waals surface area contributed by atoms with Gasteiger partial charge in [-0.25, -0.2) is 9.80 Å². The van der Waals surface area contributed by atoms with Gasteiger partial charge in [-0.05, 0) is 18.2 Å². The lowest BCUT2D eigenvalue weighted by atomic mass is 10.2. The molecule has 22 heavy (non-hydrogen) atoms. The monoisotopic (exact) mass is 312 g/mol. The number of carbonyl (C=O) groups excluding carboxylic acids is 4. The fourth-order valence-corrected chi connectivity index (χ4v) is 2.08. The third-order valence-electron chi connectivity index (χ3n) is 2.96. The summed E-state index contributed by atoms with van der Waals surface area (Å²) in [5, 5.41) is 0. The summed E-state index contributed by atoms with van der Waals surface area (Å²) in [7, 11) is 0. The van der Waals surface area contributed by atoms with Crippen LogP contribution in [0.1, 0.15) is 0 Å². The van der Waals surface area contributed by atoms with Crippen LogP contribution in [0.4, 0.5) is 11.4 Å². The van der Waals surface area contributed by atoms with E-state index in [4.69, 9.17) is 0 Å². The third kappa shape index (κ3) is 2.84. The molecule has 0 saturated carbocycles. The minimum Gasteiger partial charge on any atom is -0.412 e. The molecule has 0 unspecified atom stereocenters. The predicted molar refractivity (Wildman–Crippen MR) is 81.9 cm³/mol. The molecule has 3 rings (SSSR count). The molecule has 1 aromatic carbocycles. The van der Waals surface area contributed by atoms with Crippen molar-refractivity contribution < 1.29 is 24.7 Å². The molecule has 0 bridgehead atoms. The van der Waals surface area contributed by atoms with Crippen LogP contribution in [0.15, 0.2) is 48.6 Å². The molecule has 0 spiro atoms. The van der Waals surface area contributed by atoms with Crippen molar-refractivity contribution in [1.82, 2.24) is 0 Å². The first-order chi connectivity index (χ1) is 9.58. The molecule has 4 amide bonds. The molecule has 0 atom stereocenters. The highest BCUT2D eigenvalue weighted by molar-refractivity contribution is 6.30. The van der Waals surface area contributed by atoms with E-state index in [0.717, 1.165) is 9.80 Å². The van der Waals surface area contributed by atoms with Crippen LogP contribution in [0.2, 0.25) is 0 Å². The molecule has 2 N–H and O–H groups in total. The van der Waals surface area contributed by atoms with E-state index in [2.05, 4.69) is 0 Å². The molecule has 2 heterocycles. The molecule has 0 aromatic heterocycles. The average molecular weight is 313 g/mol. The van der Waals surface area contributed by atoms with Gasteiger partial charge in [0.15, 0.2) is 0 Å². The Morgan fingerprint density at radius 1 is 0.636 bits per heavy atom. The number of hydrogen-bond acceptors (Lipinski definition) is 4. The highest BCUT2D eigenvalue weighted by Crippen LogP contribution is 2.26. The van der Waals surface area contributed by atoms with Crippen molar-refractivity contribution in [2.24, 2.45) is 0 Å². The number of hydrogen-bond donors (Lipinski definition) is 0. The predicted octanol–water partition coefficient (Wildman–Crippen LogP) is -1.20. The lowest BCUT2D eigenvalue weighted by Gasteiger charge is -2.18. The second-order valence-electron chi connectivity index (χ2n) is 4.21. The van der Waals surface area contributed by atoms with E-state index in [-0.39, 0.29) is 28.5 Å². The standard InChI is InChI=1S/C14H8N2O4.Mg.H2O.2H/c17-11-4-5-12(18)15(11)9-2-1-3-10(8-9)16-13(19)6-7-14(16)20;;;;/h1-8H;;1H2;;. The molecule has 2 aliphatic heterocycles. The maximum atomic E-state index is 11.6. The van der Waals surface area contributed by atoms with Crippen LogP contribution < -0.4 is 9.80 Å². The minimum atomic E-state index is -0.454. The van der Waals surface area contributed by atoms with Crippen molar-refractivity contribution in [3.8, 4) is 0 Å². The number of amides is 4. The van der Waals surface area contributed by atoms with Crippen LogP contribution >= 0.6 is 0 Å². The van der Waals surface area contributed by atoms with Crippen LogP contribution in [0.5, 0.6) is 0 Å². The van der Waals surface area contributed by atoms with E-state index in [0.29, 0.717) is 11.4 Å². The van der Waals surface area contributed by atoms with E-state index >= 15 is 0 Å². The van der Waals surface area contributed by atoms with Crippen molar-refractivity contribution in [1.29, 1.82) is 0 Å². The zero-order chi connectivity index (χ0) is 14.3. The fraction of sp³-hybridized carbons (Fsp3) is 0. The second-order valence-corrected chi connectivity index (χ2v) is 4.21. The van der Waals surface area contributed by atoms with Crippen molar-refractivity contribution in [3.63, 3.8) is 0 Å². The maximum absolute atomic E-state index is 11.6. The van der Waals surface area contributed by atoms with Gasteiger partial charge in [-0.2, -0.15) is 0 Å². The lowest BCUT2D eigenvalue weighted by Crippen LogP contribution is -2.31. The fourth-order valence-electron chi connectivity index (χ4n) is 2.08. The summed E-state index contributed by atoms with van der Waals surface area (Å²) >= 11 is 0. The van der Waals surface area contributed by atoms with Crippen molar-refractivity contribution in [2.45, 2.75) is 0 Å². The number of carbonyl (C=O) groups is 4. The van der Waals surface area contributed by atoms with Gasteiger partial charge in [0.25, 0.3) is 23.6 Å². The highest BCUT2D eigenvalue weighted by Gasteiger charge is 2.28. The van der Waals surface area contributed by atoms with Gasteiger partial charge < -0.3 is 5.48 Å². The van der Waals surface area contributed by atoms with Gasteiger partial charge in [-0.1, -0.05) is 6.07 Å². The Bertz CT molecular complexity index is 632. The first kappa shape index (κ1) is 17.8. The maximum Gasteiger partial charge on any atom is 0.316 e. The SMILES string of the molecule is O.O=C1C=CC(=O)N1c1cccc(N2C(=O)C=CC2=O)c1.[MgH2]. The molecule has 0 aliphatic carbocycles. The number of anilines is 2. The molecule has 2 aliphatic rings. The minimum absolute atomic E-state index is 0. The van der Waals surface area contributed by atoms with Gasteiger partial charge in [0.05, 0.1) is 11.4 Å². The normalized spacial score (nSPS) is 16.2. The molecule has 8 heteroatoms. The molecule has 0 saturated heterocycles. The number of benzene rings is 1. The van der Waals surface area contributed by atoms with E-state index in [9.17, 15) is 19.2 Å². The summed E-state index contributed by atoms with van der Waals surface area (Å²) < 4.78 is 0. The topological polar surface area (TPSA) is 106 Å². The zero-order valence-corrected chi connectivity index (χ0v) is 10.6. The Morgan fingerprint density at radius 2 is 0.955 bits per heavy atom. The van der Waals surface area contributed by atoms with E-state index in [1.807, 2.05) is 0 Å². The molecular weight excluding hydrogens is 300 g/mol. The van der Waals surface area contributed by atoms with Crippen LogP contribution in [0.25, 0.3) is 0 Å². The summed E-state index contributed by atoms with van der Waals surface area (Å²) in [6.07, 6.45) is 4.68. The summed E-state index contributed by atoms with van der Waals surface area (Å²) in [6, 6.07) is 6.14. The highest BCUT2D eigenvalue weighted by atomic mass is 24.3. The zero-order valence-electron chi connectivity index (χ0n) is 10.6. The second kappa shape index (κ2) is 6.65. The molecular formula is C14H12MgN2O5. The number of imide groups is 2. The largest absolute Gasteiger partial charge is 0.412 e. The van der Waals surface area contributed by atoms with Crippen molar-refractivity contribution in [3.05, 3.63) is 48.6 Å². The number of nitrogens with zero attached hydrogens (tertiary/aromatic N) is 2. The summed E-state index contributed by atoms with van der Waals surface area (Å²) in [6.45, 7) is 0. The lowest BCUT2D eigenvalue weighted by molar-refractivity contribution is -0.121. The summed E-state index contributed by atoms with van der Waals surface area (Å²) in [5.41, 5.74) is 0.630. The summed E-state index contributed by atoms with van der Waals surface area (Å²) in [5.74, 6) is -1.82. The third-order valence-corrected chi connectivity index (χ3v) is 2.96. The van der Waals surface area contributed by atoms with E-state index in [1.165, 1.54) is 30.4 Å². The van der Waals surface area contributed by atoms with Crippen molar-refractivity contribution >= 4 is 58.1 Å². The molecule has 110 valence electrons. The Morgan fingerprint density at radius 3 is 1.27 bits per heavy atom. The van der Waals surface area contributed by atoms with Gasteiger partial charge in [0, 0.05) is 24.3 Å². The van der Waals surface area contributed by atoms with Gasteiger partial charge in [0.2, 0.25) is 0 Å². The van der Waals surface area contributed by atoms with Crippen molar-refractivity contribution in [2.75, 3.05) is 9.80 Å². The first-order valence-corrected chi connectivity index (χ1v) is 5.80. The van der Waals surface area contributed by atoms with Gasteiger partial charge in [-0.3, -0.25) is 19.2 Å². The van der Waals surface area contributed by atoms with Crippen LogP contribution in [-0.4, -0.2) is 52.2 Å². The Hall–Kier alpha value is -2.29. The van der Waals surface area contributed by atoms with E-state index < -0.39 is 23.6 Å². The Balaban J connectivity index is 0.00000121. The molecule has 0 fully saturated rings. The molecule has 0 radical (unpaired) electrons. The molecule has 7 nitrogen and oxygen atoms in total. The smallest absolute Gasteiger partial charge is 0.316 e. The van der Waals surface area contributed by atoms with Crippen LogP contribution in [0, 0.1) is 0 Å². The first-order valence-electron chi connectivity index (χ1n) is 5.80. The van der Waals surface area contributed by atoms with Gasteiger partial charge in [0.1, 0.15) is 0 Å². The quantitative estimate of drug-likeness (QED) is 0.505. The van der Waals surface area contributed by atoms with Crippen LogP contribution in [0.3, 0.4) is 0 Å². The van der Waals surface area contributed by atoms with E-state index in [1.54, 1.807) is 18.2 Å². The summed E-state index contributed by atoms with van der Waals surface area (Å²) in [4.78, 5) is 48.4. The Labute approximate surface area is 141 Å². The van der Waals surface area contributed by atoms with Gasteiger partial charge >= 0.3 is 23.1 Å². The molecule has 1 aromatic rings.